The van der Waals surface area contributed by atoms with Gasteiger partial charge in [0, 0.05) is 24.2 Å². The van der Waals surface area contributed by atoms with E-state index in [9.17, 15) is 4.79 Å². The van der Waals surface area contributed by atoms with E-state index >= 15 is 0 Å². The van der Waals surface area contributed by atoms with Crippen LogP contribution in [0.3, 0.4) is 0 Å². The molecular weight excluding hydrogens is 292 g/mol. The monoisotopic (exact) mass is 316 g/mol. The molecule has 0 atom stereocenters. The molecule has 5 nitrogen and oxygen atoms in total. The van der Waals surface area contributed by atoms with Crippen molar-refractivity contribution in [1.29, 1.82) is 0 Å². The fourth-order valence-electron chi connectivity index (χ4n) is 3.27. The van der Waals surface area contributed by atoms with Gasteiger partial charge in [-0.3, -0.25) is 9.69 Å². The average Bonchev–Trinajstić information content (AvgIpc) is 2.51. The summed E-state index contributed by atoms with van der Waals surface area (Å²) in [5.74, 6) is 0.207. The normalized spacial score (nSPS) is 22.8. The lowest BCUT2D eigenvalue weighted by Gasteiger charge is -2.42. The first kappa shape index (κ1) is 16.0. The van der Waals surface area contributed by atoms with Crippen molar-refractivity contribution in [2.24, 2.45) is 0 Å². The minimum atomic E-state index is -0.744. The van der Waals surface area contributed by atoms with Crippen molar-refractivity contribution in [3.05, 3.63) is 35.4 Å². The Kier molecular flexibility index (Phi) is 4.98. The van der Waals surface area contributed by atoms with E-state index in [0.717, 1.165) is 37.2 Å². The highest BCUT2D eigenvalue weighted by Gasteiger charge is 2.33. The zero-order chi connectivity index (χ0) is 16.2. The van der Waals surface area contributed by atoms with Crippen LogP contribution in [-0.4, -0.2) is 54.3 Å². The smallest absolute Gasteiger partial charge is 0.317 e. The molecule has 1 fully saturated rings. The lowest BCUT2D eigenvalue weighted by atomic mass is 9.85. The fraction of sp³-hybridized carbons (Fsp3) is 0.500. The van der Waals surface area contributed by atoms with E-state index in [2.05, 4.69) is 17.5 Å². The van der Waals surface area contributed by atoms with Crippen LogP contribution in [0.5, 0.6) is 5.75 Å². The molecule has 0 unspecified atom stereocenters. The summed E-state index contributed by atoms with van der Waals surface area (Å²) in [5.41, 5.74) is 2.39. The van der Waals surface area contributed by atoms with Gasteiger partial charge in [-0.25, -0.2) is 0 Å². The van der Waals surface area contributed by atoms with Crippen LogP contribution in [-0.2, 0) is 4.79 Å². The molecule has 1 heterocycles. The van der Waals surface area contributed by atoms with Gasteiger partial charge in [0.1, 0.15) is 12.4 Å². The number of carbonyl (C=O) groups is 1. The molecule has 0 radical (unpaired) electrons. The van der Waals surface area contributed by atoms with Gasteiger partial charge in [0.2, 0.25) is 0 Å². The summed E-state index contributed by atoms with van der Waals surface area (Å²) < 4.78 is 5.76. The van der Waals surface area contributed by atoms with Gasteiger partial charge in [-0.05, 0) is 37.1 Å². The number of carboxylic acid groups (broad SMARTS) is 1. The van der Waals surface area contributed by atoms with Crippen LogP contribution in [0.15, 0.2) is 29.8 Å². The molecule has 1 aliphatic carbocycles. The molecule has 124 valence electrons. The van der Waals surface area contributed by atoms with Gasteiger partial charge in [0.05, 0.1) is 6.54 Å². The van der Waals surface area contributed by atoms with Crippen LogP contribution in [0.25, 0.3) is 6.08 Å². The minimum absolute atomic E-state index is 0.143. The second kappa shape index (κ2) is 7.15. The molecule has 1 aromatic rings. The third-order valence-electron chi connectivity index (χ3n) is 4.68. The Bertz CT molecular complexity index is 594. The first-order chi connectivity index (χ1) is 11.2. The number of benzene rings is 1. The van der Waals surface area contributed by atoms with Gasteiger partial charge in [-0.1, -0.05) is 25.1 Å². The zero-order valence-electron chi connectivity index (χ0n) is 13.5. The van der Waals surface area contributed by atoms with Crippen molar-refractivity contribution in [3.8, 4) is 5.75 Å². The summed E-state index contributed by atoms with van der Waals surface area (Å²) in [6.07, 6.45) is 4.24. The molecule has 3 rings (SSSR count). The standard InChI is InChI=1S/C18H24N2O3/c1-2-20(11-18(21)22)16-8-15(9-16)19-10-13-7-14-5-3-4-6-17(14)23-12-13/h3-7,15-16,19H,2,8-12H2,1H3,(H,21,22). The van der Waals surface area contributed by atoms with E-state index in [1.807, 2.05) is 30.0 Å². The number of para-hydroxylation sites is 1. The van der Waals surface area contributed by atoms with Crippen molar-refractivity contribution in [1.82, 2.24) is 10.2 Å². The van der Waals surface area contributed by atoms with Gasteiger partial charge in [0.25, 0.3) is 0 Å². The van der Waals surface area contributed by atoms with Crippen molar-refractivity contribution < 1.29 is 14.6 Å². The molecule has 23 heavy (non-hydrogen) atoms. The van der Waals surface area contributed by atoms with Gasteiger partial charge in [0.15, 0.2) is 0 Å². The van der Waals surface area contributed by atoms with Crippen LogP contribution in [0.4, 0.5) is 0 Å². The predicted octanol–water partition coefficient (Wildman–Crippen LogP) is 1.99. The predicted molar refractivity (Wildman–Crippen MR) is 89.6 cm³/mol. The number of nitrogens with one attached hydrogen (secondary N) is 1. The molecule has 1 saturated carbocycles. The summed E-state index contributed by atoms with van der Waals surface area (Å²) >= 11 is 0. The summed E-state index contributed by atoms with van der Waals surface area (Å²) in [6.45, 7) is 4.42. The summed E-state index contributed by atoms with van der Waals surface area (Å²) in [7, 11) is 0. The lowest BCUT2D eigenvalue weighted by molar-refractivity contribution is -0.139. The Morgan fingerprint density at radius 3 is 2.91 bits per heavy atom. The number of nitrogens with zero attached hydrogens (tertiary/aromatic N) is 1. The van der Waals surface area contributed by atoms with Crippen LogP contribution >= 0.6 is 0 Å². The summed E-state index contributed by atoms with van der Waals surface area (Å²) in [4.78, 5) is 12.9. The summed E-state index contributed by atoms with van der Waals surface area (Å²) in [6, 6.07) is 8.94. The first-order valence-electron chi connectivity index (χ1n) is 8.26. The highest BCUT2D eigenvalue weighted by molar-refractivity contribution is 5.69. The number of ether oxygens (including phenoxy) is 1. The maximum absolute atomic E-state index is 10.8. The van der Waals surface area contributed by atoms with Gasteiger partial charge in [-0.15, -0.1) is 0 Å². The Labute approximate surface area is 136 Å². The molecule has 0 bridgehead atoms. The first-order valence-corrected chi connectivity index (χ1v) is 8.26. The van der Waals surface area contributed by atoms with Crippen LogP contribution < -0.4 is 10.1 Å². The van der Waals surface area contributed by atoms with E-state index < -0.39 is 5.97 Å². The largest absolute Gasteiger partial charge is 0.489 e. The number of hydrogen-bond acceptors (Lipinski definition) is 4. The van der Waals surface area contributed by atoms with Gasteiger partial charge in [-0.2, -0.15) is 0 Å². The maximum Gasteiger partial charge on any atom is 0.317 e. The molecule has 0 amide bonds. The van der Waals surface area contributed by atoms with Gasteiger partial charge >= 0.3 is 5.97 Å². The van der Waals surface area contributed by atoms with Crippen molar-refractivity contribution in [2.75, 3.05) is 26.2 Å². The number of rotatable bonds is 7. The minimum Gasteiger partial charge on any atom is -0.489 e. The second-order valence-electron chi connectivity index (χ2n) is 6.29. The van der Waals surface area contributed by atoms with Crippen LogP contribution in [0.1, 0.15) is 25.3 Å². The van der Waals surface area contributed by atoms with E-state index in [0.29, 0.717) is 18.7 Å². The average molecular weight is 316 g/mol. The van der Waals surface area contributed by atoms with E-state index in [1.165, 1.54) is 5.57 Å². The molecule has 5 heteroatoms. The quantitative estimate of drug-likeness (QED) is 0.805. The van der Waals surface area contributed by atoms with E-state index in [4.69, 9.17) is 9.84 Å². The SMILES string of the molecule is CCN(CC(=O)O)C1CC(NCC2=Cc3ccccc3OC2)C1. The third kappa shape index (κ3) is 3.92. The molecule has 2 N–H and O–H groups in total. The number of hydrogen-bond donors (Lipinski definition) is 2. The van der Waals surface area contributed by atoms with Crippen molar-refractivity contribution >= 4 is 12.0 Å². The second-order valence-corrected chi connectivity index (χ2v) is 6.29. The molecule has 0 spiro atoms. The third-order valence-corrected chi connectivity index (χ3v) is 4.68. The fourth-order valence-corrected chi connectivity index (χ4v) is 3.27. The number of fused-ring (bicyclic) bond motifs is 1. The Hall–Kier alpha value is -1.85. The molecule has 0 aromatic heterocycles. The van der Waals surface area contributed by atoms with Crippen molar-refractivity contribution in [3.63, 3.8) is 0 Å². The van der Waals surface area contributed by atoms with E-state index in [1.54, 1.807) is 0 Å². The highest BCUT2D eigenvalue weighted by atomic mass is 16.5. The molecule has 1 aliphatic heterocycles. The topological polar surface area (TPSA) is 61.8 Å². The Balaban J connectivity index is 1.45. The van der Waals surface area contributed by atoms with Crippen LogP contribution in [0, 0.1) is 0 Å². The Morgan fingerprint density at radius 2 is 2.17 bits per heavy atom. The molecular formula is C18H24N2O3. The van der Waals surface area contributed by atoms with Crippen LogP contribution in [0.2, 0.25) is 0 Å². The number of aliphatic carboxylic acids is 1. The summed E-state index contributed by atoms with van der Waals surface area (Å²) in [5, 5.41) is 12.5. The maximum atomic E-state index is 10.8. The molecule has 1 aromatic carbocycles. The molecule has 0 saturated heterocycles. The van der Waals surface area contributed by atoms with E-state index in [-0.39, 0.29) is 6.54 Å². The zero-order valence-corrected chi connectivity index (χ0v) is 13.5. The Morgan fingerprint density at radius 1 is 1.39 bits per heavy atom. The van der Waals surface area contributed by atoms with Crippen molar-refractivity contribution in [2.45, 2.75) is 31.8 Å². The van der Waals surface area contributed by atoms with Gasteiger partial charge < -0.3 is 15.2 Å². The molecule has 2 aliphatic rings. The number of likely N-dealkylation sites (N-methyl/N-ethyl adjacent to an activating group) is 1. The highest BCUT2D eigenvalue weighted by Crippen LogP contribution is 2.27. The lowest BCUT2D eigenvalue weighted by Crippen LogP contribution is -2.54. The number of carboxylic acids is 1.